The summed E-state index contributed by atoms with van der Waals surface area (Å²) in [4.78, 5) is 29.6. The van der Waals surface area contributed by atoms with Crippen molar-refractivity contribution in [3.05, 3.63) is 70.4 Å². The van der Waals surface area contributed by atoms with Gasteiger partial charge < -0.3 is 15.0 Å². The van der Waals surface area contributed by atoms with Gasteiger partial charge in [0.25, 0.3) is 5.69 Å². The number of ether oxygens (including phenoxy) is 1. The van der Waals surface area contributed by atoms with Gasteiger partial charge in [-0.15, -0.1) is 11.8 Å². The van der Waals surface area contributed by atoms with Gasteiger partial charge in [0.15, 0.2) is 0 Å². The van der Waals surface area contributed by atoms with Crippen molar-refractivity contribution in [3.63, 3.8) is 0 Å². The molecular weight excluding hydrogens is 440 g/mol. The molecule has 3 aromatic rings. The molecule has 33 heavy (non-hydrogen) atoms. The molecule has 1 aliphatic rings. The van der Waals surface area contributed by atoms with Gasteiger partial charge in [0.05, 0.1) is 29.0 Å². The van der Waals surface area contributed by atoms with Gasteiger partial charge in [-0.3, -0.25) is 19.9 Å². The fourth-order valence-electron chi connectivity index (χ4n) is 4.06. The molecular formula is C24H26N4O4S. The number of carbonyl (C=O) groups excluding carboxylic acids is 1. The number of fused-ring (bicyclic) bond motifs is 1. The number of pyridine rings is 1. The van der Waals surface area contributed by atoms with Crippen LogP contribution in [0.5, 0.6) is 5.75 Å². The number of non-ortho nitro benzene ring substituents is 1. The predicted molar refractivity (Wildman–Crippen MR) is 131 cm³/mol. The zero-order valence-corrected chi connectivity index (χ0v) is 19.4. The van der Waals surface area contributed by atoms with Crippen molar-refractivity contribution in [1.29, 1.82) is 0 Å². The van der Waals surface area contributed by atoms with E-state index in [2.05, 4.69) is 17.2 Å². The van der Waals surface area contributed by atoms with Crippen LogP contribution < -0.4 is 10.1 Å². The smallest absolute Gasteiger partial charge is 0.269 e. The molecule has 0 bridgehead atoms. The summed E-state index contributed by atoms with van der Waals surface area (Å²) in [5.41, 5.74) is 2.64. The summed E-state index contributed by atoms with van der Waals surface area (Å²) in [5, 5.41) is 15.5. The highest BCUT2D eigenvalue weighted by Crippen LogP contribution is 2.39. The quantitative estimate of drug-likeness (QED) is 0.350. The van der Waals surface area contributed by atoms with E-state index in [0.717, 1.165) is 40.7 Å². The van der Waals surface area contributed by atoms with Gasteiger partial charge in [0.2, 0.25) is 5.91 Å². The van der Waals surface area contributed by atoms with Crippen molar-refractivity contribution >= 4 is 39.9 Å². The maximum atomic E-state index is 12.5. The molecule has 1 aliphatic heterocycles. The van der Waals surface area contributed by atoms with E-state index in [0.29, 0.717) is 12.3 Å². The van der Waals surface area contributed by atoms with E-state index in [-0.39, 0.29) is 23.0 Å². The van der Waals surface area contributed by atoms with Gasteiger partial charge in [-0.05, 0) is 37.5 Å². The molecule has 0 aliphatic carbocycles. The van der Waals surface area contributed by atoms with E-state index in [1.807, 2.05) is 35.2 Å². The van der Waals surface area contributed by atoms with E-state index < -0.39 is 4.92 Å². The molecule has 0 saturated carbocycles. The lowest BCUT2D eigenvalue weighted by molar-refractivity contribution is -0.384. The Morgan fingerprint density at radius 2 is 2.15 bits per heavy atom. The number of benzene rings is 2. The van der Waals surface area contributed by atoms with E-state index in [4.69, 9.17) is 4.74 Å². The minimum absolute atomic E-state index is 0.0457. The fourth-order valence-corrected chi connectivity index (χ4v) is 5.27. The highest BCUT2D eigenvalue weighted by atomic mass is 32.2. The Labute approximate surface area is 196 Å². The van der Waals surface area contributed by atoms with Crippen molar-refractivity contribution < 1.29 is 14.5 Å². The van der Waals surface area contributed by atoms with Crippen LogP contribution in [-0.2, 0) is 4.79 Å². The molecule has 2 aromatic carbocycles. The molecule has 4 rings (SSSR count). The Hall–Kier alpha value is -3.33. The summed E-state index contributed by atoms with van der Waals surface area (Å²) in [6.45, 7) is 2.70. The lowest BCUT2D eigenvalue weighted by atomic mass is 10.1. The lowest BCUT2D eigenvalue weighted by Crippen LogP contribution is -2.30. The van der Waals surface area contributed by atoms with E-state index in [1.54, 1.807) is 25.4 Å². The van der Waals surface area contributed by atoms with Crippen LogP contribution in [0.25, 0.3) is 10.9 Å². The average Bonchev–Trinajstić information content (AvgIpc) is 3.19. The molecule has 1 amide bonds. The molecule has 2 heterocycles. The standard InChI is InChI=1S/C24H26N4O4S/c1-16(26-21-14-20(32-2)13-17-8-4-10-25-23(17)21)6-5-11-27-22(29)15-33-24(27)18-7-3-9-19(12-18)28(30)31/h3-4,7-10,12-14,16,24,26H,5-6,11,15H2,1-2H3. The zero-order valence-electron chi connectivity index (χ0n) is 18.6. The van der Waals surface area contributed by atoms with Gasteiger partial charge in [-0.25, -0.2) is 0 Å². The first-order chi connectivity index (χ1) is 16.0. The largest absolute Gasteiger partial charge is 0.497 e. The number of nitro benzene ring substituents is 1. The van der Waals surface area contributed by atoms with Crippen LogP contribution in [0, 0.1) is 10.1 Å². The summed E-state index contributed by atoms with van der Waals surface area (Å²) in [7, 11) is 1.65. The van der Waals surface area contributed by atoms with Crippen LogP contribution in [0.3, 0.4) is 0 Å². The average molecular weight is 467 g/mol. The minimum Gasteiger partial charge on any atom is -0.497 e. The number of nitrogens with zero attached hydrogens (tertiary/aromatic N) is 3. The van der Waals surface area contributed by atoms with Crippen molar-refractivity contribution in [2.45, 2.75) is 31.2 Å². The van der Waals surface area contributed by atoms with Crippen LogP contribution >= 0.6 is 11.8 Å². The second-order valence-electron chi connectivity index (χ2n) is 8.04. The van der Waals surface area contributed by atoms with Gasteiger partial charge in [0, 0.05) is 42.4 Å². The number of nitrogens with one attached hydrogen (secondary N) is 1. The van der Waals surface area contributed by atoms with Crippen molar-refractivity contribution in [2.24, 2.45) is 0 Å². The van der Waals surface area contributed by atoms with Gasteiger partial charge in [-0.2, -0.15) is 0 Å². The Kier molecular flexibility index (Phi) is 6.98. The zero-order chi connectivity index (χ0) is 23.4. The third-order valence-electron chi connectivity index (χ3n) is 5.69. The number of amides is 1. The molecule has 2 atom stereocenters. The number of methoxy groups -OCH3 is 1. The second-order valence-corrected chi connectivity index (χ2v) is 9.11. The Morgan fingerprint density at radius 3 is 2.94 bits per heavy atom. The topological polar surface area (TPSA) is 97.6 Å². The lowest BCUT2D eigenvalue weighted by Gasteiger charge is -2.25. The molecule has 0 spiro atoms. The molecule has 172 valence electrons. The number of aromatic nitrogens is 1. The summed E-state index contributed by atoms with van der Waals surface area (Å²) >= 11 is 1.52. The van der Waals surface area contributed by atoms with Gasteiger partial charge in [0.1, 0.15) is 11.1 Å². The predicted octanol–water partition coefficient (Wildman–Crippen LogP) is 5.01. The van der Waals surface area contributed by atoms with Crippen LogP contribution in [0.1, 0.15) is 30.7 Å². The Balaban J connectivity index is 1.39. The fraction of sp³-hybridized carbons (Fsp3) is 0.333. The van der Waals surface area contributed by atoms with Crippen LogP contribution in [0.15, 0.2) is 54.7 Å². The summed E-state index contributed by atoms with van der Waals surface area (Å²) in [6, 6.07) is 14.5. The number of carbonyl (C=O) groups is 1. The number of thioether (sulfide) groups is 1. The molecule has 1 fully saturated rings. The number of nitro groups is 1. The second kappa shape index (κ2) is 10.1. The van der Waals surface area contributed by atoms with E-state index >= 15 is 0 Å². The third kappa shape index (κ3) is 5.19. The molecule has 1 saturated heterocycles. The van der Waals surface area contributed by atoms with Crippen molar-refractivity contribution in [1.82, 2.24) is 9.88 Å². The first-order valence-corrected chi connectivity index (χ1v) is 11.9. The first kappa shape index (κ1) is 22.8. The molecule has 2 unspecified atom stereocenters. The number of rotatable bonds is 9. The van der Waals surface area contributed by atoms with Gasteiger partial charge in [-0.1, -0.05) is 18.2 Å². The van der Waals surface area contributed by atoms with Crippen LogP contribution in [0.4, 0.5) is 11.4 Å². The van der Waals surface area contributed by atoms with Gasteiger partial charge >= 0.3 is 0 Å². The number of hydrogen-bond donors (Lipinski definition) is 1. The molecule has 0 radical (unpaired) electrons. The highest BCUT2D eigenvalue weighted by molar-refractivity contribution is 8.00. The monoisotopic (exact) mass is 466 g/mol. The third-order valence-corrected chi connectivity index (χ3v) is 6.94. The maximum absolute atomic E-state index is 12.5. The SMILES string of the molecule is COc1cc(NC(C)CCCN2C(=O)CSC2c2cccc([N+](=O)[O-])c2)c2ncccc2c1. The molecule has 1 aromatic heterocycles. The maximum Gasteiger partial charge on any atom is 0.269 e. The molecule has 1 N–H and O–H groups in total. The Morgan fingerprint density at radius 1 is 1.30 bits per heavy atom. The van der Waals surface area contributed by atoms with Crippen molar-refractivity contribution in [3.8, 4) is 5.75 Å². The van der Waals surface area contributed by atoms with Crippen LogP contribution in [-0.4, -0.2) is 46.2 Å². The first-order valence-electron chi connectivity index (χ1n) is 10.8. The number of hydrogen-bond acceptors (Lipinski definition) is 7. The summed E-state index contributed by atoms with van der Waals surface area (Å²) in [6.07, 6.45) is 3.43. The number of anilines is 1. The van der Waals surface area contributed by atoms with Crippen molar-refractivity contribution in [2.75, 3.05) is 24.7 Å². The molecule has 9 heteroatoms. The van der Waals surface area contributed by atoms with Crippen LogP contribution in [0.2, 0.25) is 0 Å². The Bertz CT molecular complexity index is 1170. The summed E-state index contributed by atoms with van der Waals surface area (Å²) in [5.74, 6) is 1.23. The summed E-state index contributed by atoms with van der Waals surface area (Å²) < 4.78 is 5.43. The van der Waals surface area contributed by atoms with E-state index in [1.165, 1.54) is 17.8 Å². The minimum atomic E-state index is -0.403. The normalized spacial score (nSPS) is 16.7. The van der Waals surface area contributed by atoms with E-state index in [9.17, 15) is 14.9 Å². The molecule has 8 nitrogen and oxygen atoms in total. The highest BCUT2D eigenvalue weighted by Gasteiger charge is 2.33.